The summed E-state index contributed by atoms with van der Waals surface area (Å²) in [5.74, 6) is 0.502. The highest BCUT2D eigenvalue weighted by atomic mass is 32.2. The quantitative estimate of drug-likeness (QED) is 0.631. The first kappa shape index (κ1) is 19.9. The van der Waals surface area contributed by atoms with Gasteiger partial charge in [-0.05, 0) is 31.0 Å². The summed E-state index contributed by atoms with van der Waals surface area (Å²) in [6, 6.07) is 5.12. The smallest absolute Gasteiger partial charge is 0.229 e. The Bertz CT molecular complexity index is 797. The largest absolute Gasteiger partial charge is 0.487 e. The van der Waals surface area contributed by atoms with Crippen molar-refractivity contribution in [2.75, 3.05) is 24.1 Å². The zero-order valence-corrected chi connectivity index (χ0v) is 16.3. The van der Waals surface area contributed by atoms with Crippen LogP contribution in [-0.4, -0.2) is 57.2 Å². The summed E-state index contributed by atoms with van der Waals surface area (Å²) >= 11 is 0. The lowest BCUT2D eigenvalue weighted by Gasteiger charge is -2.37. The van der Waals surface area contributed by atoms with E-state index in [0.717, 1.165) is 18.2 Å². The Kier molecular flexibility index (Phi) is 5.92. The van der Waals surface area contributed by atoms with E-state index in [-0.39, 0.29) is 37.1 Å². The van der Waals surface area contributed by atoms with E-state index >= 15 is 0 Å². The zero-order valence-electron chi connectivity index (χ0n) is 15.5. The number of nitrogens with one attached hydrogen (secondary N) is 2. The van der Waals surface area contributed by atoms with Crippen LogP contribution < -0.4 is 14.8 Å². The molecule has 0 aromatic heterocycles. The Balaban J connectivity index is 1.79. The minimum absolute atomic E-state index is 0.0730. The lowest BCUT2D eigenvalue weighted by atomic mass is 9.84. The average Bonchev–Trinajstić information content (AvgIpc) is 2.96. The number of amides is 1. The van der Waals surface area contributed by atoms with Gasteiger partial charge in [-0.25, -0.2) is 8.42 Å². The molecule has 1 amide bonds. The topological polar surface area (TPSA) is 114 Å². The summed E-state index contributed by atoms with van der Waals surface area (Å²) in [7, 11) is -3.38. The molecule has 8 nitrogen and oxygen atoms in total. The van der Waals surface area contributed by atoms with Crippen LogP contribution in [0.4, 0.5) is 5.69 Å². The number of fused-ring (bicyclic) bond motifs is 3. The molecule has 3 N–H and O–H groups in total. The number of hydrogen-bond donors (Lipinski definition) is 3. The summed E-state index contributed by atoms with van der Waals surface area (Å²) in [6.07, 6.45) is 1.52. The first-order valence-electron chi connectivity index (χ1n) is 9.12. The molecule has 150 valence electrons. The molecule has 0 radical (unpaired) electrons. The van der Waals surface area contributed by atoms with Gasteiger partial charge in [0.1, 0.15) is 18.0 Å². The van der Waals surface area contributed by atoms with Gasteiger partial charge < -0.3 is 19.9 Å². The van der Waals surface area contributed by atoms with Gasteiger partial charge >= 0.3 is 0 Å². The third kappa shape index (κ3) is 4.72. The second kappa shape index (κ2) is 8.04. The van der Waals surface area contributed by atoms with E-state index < -0.39 is 16.1 Å². The van der Waals surface area contributed by atoms with Crippen LogP contribution in [0.5, 0.6) is 5.75 Å². The summed E-state index contributed by atoms with van der Waals surface area (Å²) in [6.45, 7) is 2.39. The number of aliphatic hydroxyl groups excluding tert-OH is 1. The molecule has 0 spiro atoms. The van der Waals surface area contributed by atoms with Crippen LogP contribution in [0.1, 0.15) is 37.7 Å². The Morgan fingerprint density at radius 3 is 2.81 bits per heavy atom. The Labute approximate surface area is 159 Å². The Morgan fingerprint density at radius 1 is 1.37 bits per heavy atom. The molecular weight excluding hydrogens is 372 g/mol. The van der Waals surface area contributed by atoms with Gasteiger partial charge in [-0.2, -0.15) is 0 Å². The van der Waals surface area contributed by atoms with Crippen LogP contribution in [-0.2, 0) is 19.6 Å². The summed E-state index contributed by atoms with van der Waals surface area (Å²) in [5.41, 5.74) is 1.33. The van der Waals surface area contributed by atoms with E-state index in [2.05, 4.69) is 10.0 Å². The van der Waals surface area contributed by atoms with E-state index in [0.29, 0.717) is 24.4 Å². The van der Waals surface area contributed by atoms with Crippen LogP contribution in [0.2, 0.25) is 0 Å². The van der Waals surface area contributed by atoms with Crippen molar-refractivity contribution in [3.8, 4) is 5.75 Å². The maximum atomic E-state index is 12.1. The molecule has 0 bridgehead atoms. The number of rotatable bonds is 7. The first-order valence-corrected chi connectivity index (χ1v) is 11.0. The molecule has 3 rings (SSSR count). The number of benzene rings is 1. The molecular formula is C18H26N2O6S. The van der Waals surface area contributed by atoms with Crippen LogP contribution in [0.25, 0.3) is 0 Å². The molecule has 1 saturated heterocycles. The summed E-state index contributed by atoms with van der Waals surface area (Å²) < 4.78 is 37.3. The lowest BCUT2D eigenvalue weighted by molar-refractivity contribution is -0.142. The average molecular weight is 398 g/mol. The van der Waals surface area contributed by atoms with Gasteiger partial charge in [-0.3, -0.25) is 9.52 Å². The normalized spacial score (nSPS) is 26.6. The SMILES string of the molecule is CCCNC(=O)C[C@H]1C[C@@H]2c3cc(NS(C)(=O)=O)ccc3O[C@@H]2[C@H](CO)O1. The van der Waals surface area contributed by atoms with Crippen molar-refractivity contribution in [3.63, 3.8) is 0 Å². The van der Waals surface area contributed by atoms with Crippen LogP contribution >= 0.6 is 0 Å². The van der Waals surface area contributed by atoms with Gasteiger partial charge in [0.25, 0.3) is 0 Å². The maximum Gasteiger partial charge on any atom is 0.229 e. The number of carbonyl (C=O) groups excluding carboxylic acids is 1. The van der Waals surface area contributed by atoms with Gasteiger partial charge in [0.05, 0.1) is 25.4 Å². The van der Waals surface area contributed by atoms with Crippen molar-refractivity contribution in [1.29, 1.82) is 0 Å². The van der Waals surface area contributed by atoms with Crippen molar-refractivity contribution in [1.82, 2.24) is 5.32 Å². The molecule has 9 heteroatoms. The van der Waals surface area contributed by atoms with Crippen molar-refractivity contribution in [3.05, 3.63) is 23.8 Å². The Hall–Kier alpha value is -1.84. The molecule has 0 unspecified atom stereocenters. The standard InChI is InChI=1S/C18H26N2O6S/c1-3-6-19-17(22)9-12-8-14-13-7-11(20-27(2,23)24)4-5-15(13)26-18(14)16(10-21)25-12/h4-5,7,12,14,16,18,20-21H,3,6,8-10H2,1-2H3,(H,19,22)/t12-,14-,16+,18+/m1/s1. The minimum atomic E-state index is -3.38. The van der Waals surface area contributed by atoms with Crippen LogP contribution in [0.15, 0.2) is 18.2 Å². The second-order valence-corrected chi connectivity index (χ2v) is 8.83. The second-order valence-electron chi connectivity index (χ2n) is 7.08. The number of sulfonamides is 1. The van der Waals surface area contributed by atoms with E-state index in [1.54, 1.807) is 18.2 Å². The van der Waals surface area contributed by atoms with Gasteiger partial charge in [0, 0.05) is 23.7 Å². The number of aliphatic hydroxyl groups is 1. The predicted molar refractivity (Wildman–Crippen MR) is 100 cm³/mol. The molecule has 0 saturated carbocycles. The molecule has 1 aromatic rings. The van der Waals surface area contributed by atoms with Gasteiger partial charge in [0.15, 0.2) is 0 Å². The fraction of sp³-hybridized carbons (Fsp3) is 0.611. The third-order valence-corrected chi connectivity index (χ3v) is 5.39. The molecule has 2 aliphatic rings. The molecule has 1 aromatic carbocycles. The van der Waals surface area contributed by atoms with Gasteiger partial charge in [-0.15, -0.1) is 0 Å². The van der Waals surface area contributed by atoms with Crippen molar-refractivity contribution < 1.29 is 27.8 Å². The monoisotopic (exact) mass is 398 g/mol. The molecule has 1 fully saturated rings. The van der Waals surface area contributed by atoms with Crippen molar-refractivity contribution in [2.45, 2.75) is 50.4 Å². The van der Waals surface area contributed by atoms with Crippen LogP contribution in [0.3, 0.4) is 0 Å². The minimum Gasteiger partial charge on any atom is -0.487 e. The molecule has 27 heavy (non-hydrogen) atoms. The highest BCUT2D eigenvalue weighted by molar-refractivity contribution is 7.92. The first-order chi connectivity index (χ1) is 12.8. The van der Waals surface area contributed by atoms with Crippen LogP contribution in [0, 0.1) is 0 Å². The van der Waals surface area contributed by atoms with E-state index in [9.17, 15) is 18.3 Å². The van der Waals surface area contributed by atoms with Crippen molar-refractivity contribution in [2.24, 2.45) is 0 Å². The van der Waals surface area contributed by atoms with E-state index in [1.165, 1.54) is 0 Å². The molecule has 2 heterocycles. The fourth-order valence-electron chi connectivity index (χ4n) is 3.71. The van der Waals surface area contributed by atoms with E-state index in [4.69, 9.17) is 9.47 Å². The predicted octanol–water partition coefficient (Wildman–Crippen LogP) is 0.969. The number of anilines is 1. The number of hydrogen-bond acceptors (Lipinski definition) is 6. The highest BCUT2D eigenvalue weighted by Gasteiger charge is 2.46. The molecule has 2 aliphatic heterocycles. The third-order valence-electron chi connectivity index (χ3n) is 4.79. The zero-order chi connectivity index (χ0) is 19.6. The fourth-order valence-corrected chi connectivity index (χ4v) is 4.27. The molecule has 4 atom stereocenters. The van der Waals surface area contributed by atoms with E-state index in [1.807, 2.05) is 6.92 Å². The maximum absolute atomic E-state index is 12.1. The Morgan fingerprint density at radius 2 is 2.15 bits per heavy atom. The summed E-state index contributed by atoms with van der Waals surface area (Å²) in [5, 5.41) is 12.6. The van der Waals surface area contributed by atoms with Crippen molar-refractivity contribution >= 4 is 21.6 Å². The lowest BCUT2D eigenvalue weighted by Crippen LogP contribution is -2.47. The highest BCUT2D eigenvalue weighted by Crippen LogP contribution is 2.47. The number of carbonyl (C=O) groups is 1. The van der Waals surface area contributed by atoms with Gasteiger partial charge in [-0.1, -0.05) is 6.92 Å². The van der Waals surface area contributed by atoms with Gasteiger partial charge in [0.2, 0.25) is 15.9 Å². The number of ether oxygens (including phenoxy) is 2. The molecule has 0 aliphatic carbocycles. The summed E-state index contributed by atoms with van der Waals surface area (Å²) in [4.78, 5) is 12.1.